The third-order valence-electron chi connectivity index (χ3n) is 2.07. The molecule has 0 unspecified atom stereocenters. The minimum absolute atomic E-state index is 0.0280. The van der Waals surface area contributed by atoms with Gasteiger partial charge in [0.1, 0.15) is 18.1 Å². The maximum absolute atomic E-state index is 11.1. The van der Waals surface area contributed by atoms with Gasteiger partial charge in [-0.1, -0.05) is 15.9 Å². The Labute approximate surface area is 109 Å². The highest BCUT2D eigenvalue weighted by Crippen LogP contribution is 2.16. The van der Waals surface area contributed by atoms with Crippen molar-refractivity contribution < 1.29 is 14.3 Å². The monoisotopic (exact) mass is 301 g/mol. The van der Waals surface area contributed by atoms with E-state index in [0.29, 0.717) is 24.9 Å². The third kappa shape index (κ3) is 5.58. The zero-order valence-corrected chi connectivity index (χ0v) is 11.3. The number of amides is 1. The average molecular weight is 302 g/mol. The fourth-order valence-corrected chi connectivity index (χ4v) is 1.57. The molecule has 0 bridgehead atoms. The van der Waals surface area contributed by atoms with E-state index in [9.17, 15) is 4.79 Å². The molecule has 1 amide bonds. The van der Waals surface area contributed by atoms with Crippen LogP contribution in [0.4, 0.5) is 0 Å². The van der Waals surface area contributed by atoms with Crippen LogP contribution < -0.4 is 14.8 Å². The van der Waals surface area contributed by atoms with Gasteiger partial charge in [0.15, 0.2) is 0 Å². The van der Waals surface area contributed by atoms with Gasteiger partial charge in [0, 0.05) is 11.8 Å². The fourth-order valence-electron chi connectivity index (χ4n) is 1.21. The number of benzene rings is 1. The molecule has 0 aliphatic heterocycles. The third-order valence-corrected chi connectivity index (χ3v) is 2.47. The van der Waals surface area contributed by atoms with Crippen molar-refractivity contribution in [3.63, 3.8) is 0 Å². The second-order valence-electron chi connectivity index (χ2n) is 3.31. The summed E-state index contributed by atoms with van der Waals surface area (Å²) in [6.45, 7) is 0.970. The van der Waals surface area contributed by atoms with Crippen LogP contribution >= 0.6 is 15.9 Å². The number of nitrogens with one attached hydrogen (secondary N) is 1. The predicted octanol–water partition coefficient (Wildman–Crippen LogP) is 1.98. The van der Waals surface area contributed by atoms with E-state index in [4.69, 9.17) is 9.47 Å². The molecule has 1 aromatic rings. The number of carbonyl (C=O) groups is 1. The fraction of sp³-hybridized carbons (Fsp3) is 0.417. The van der Waals surface area contributed by atoms with Gasteiger partial charge in [0.2, 0.25) is 5.91 Å². The van der Waals surface area contributed by atoms with Crippen LogP contribution in [0.25, 0.3) is 0 Å². The van der Waals surface area contributed by atoms with Gasteiger partial charge >= 0.3 is 0 Å². The Bertz CT molecular complexity index is 340. The number of methoxy groups -OCH3 is 1. The molecular weight excluding hydrogens is 286 g/mol. The van der Waals surface area contributed by atoms with Crippen molar-refractivity contribution >= 4 is 21.8 Å². The van der Waals surface area contributed by atoms with Crippen molar-refractivity contribution in [1.29, 1.82) is 0 Å². The largest absolute Gasteiger partial charge is 0.497 e. The van der Waals surface area contributed by atoms with E-state index in [1.54, 1.807) is 7.11 Å². The Balaban J connectivity index is 2.19. The van der Waals surface area contributed by atoms with Gasteiger partial charge in [-0.3, -0.25) is 4.79 Å². The molecule has 17 heavy (non-hydrogen) atoms. The first kappa shape index (κ1) is 13.8. The van der Waals surface area contributed by atoms with Gasteiger partial charge in [0.25, 0.3) is 0 Å². The summed E-state index contributed by atoms with van der Waals surface area (Å²) in [5.74, 6) is 1.59. The van der Waals surface area contributed by atoms with Gasteiger partial charge in [-0.2, -0.15) is 0 Å². The van der Waals surface area contributed by atoms with Crippen LogP contribution in [-0.2, 0) is 4.79 Å². The summed E-state index contributed by atoms with van der Waals surface area (Å²) < 4.78 is 10.5. The van der Waals surface area contributed by atoms with Gasteiger partial charge < -0.3 is 14.8 Å². The molecule has 0 aliphatic rings. The average Bonchev–Trinajstić information content (AvgIpc) is 2.36. The molecule has 5 heteroatoms. The van der Waals surface area contributed by atoms with Crippen LogP contribution in [0.5, 0.6) is 11.5 Å². The number of hydrogen-bond donors (Lipinski definition) is 1. The van der Waals surface area contributed by atoms with Crippen LogP contribution in [0.3, 0.4) is 0 Å². The first-order chi connectivity index (χ1) is 8.26. The lowest BCUT2D eigenvalue weighted by Crippen LogP contribution is -2.28. The van der Waals surface area contributed by atoms with Crippen molar-refractivity contribution in [3.8, 4) is 11.5 Å². The summed E-state index contributed by atoms with van der Waals surface area (Å²) in [6.07, 6.45) is 0.489. The first-order valence-corrected chi connectivity index (χ1v) is 6.48. The summed E-state index contributed by atoms with van der Waals surface area (Å²) in [6, 6.07) is 7.33. The normalized spacial score (nSPS) is 9.76. The van der Waals surface area contributed by atoms with Crippen LogP contribution in [0.1, 0.15) is 6.42 Å². The number of hydrogen-bond acceptors (Lipinski definition) is 3. The van der Waals surface area contributed by atoms with Crippen LogP contribution in [0.15, 0.2) is 24.3 Å². The van der Waals surface area contributed by atoms with Crippen molar-refractivity contribution in [2.24, 2.45) is 0 Å². The topological polar surface area (TPSA) is 47.6 Å². The lowest BCUT2D eigenvalue weighted by atomic mass is 10.3. The van der Waals surface area contributed by atoms with E-state index in [1.165, 1.54) is 0 Å². The molecule has 0 saturated carbocycles. The van der Waals surface area contributed by atoms with Crippen LogP contribution in [-0.4, -0.2) is 31.5 Å². The minimum Gasteiger partial charge on any atom is -0.497 e. The van der Waals surface area contributed by atoms with Gasteiger partial charge in [-0.15, -0.1) is 0 Å². The Morgan fingerprint density at radius 1 is 1.29 bits per heavy atom. The lowest BCUT2D eigenvalue weighted by Gasteiger charge is -2.07. The Kier molecular flexibility index (Phi) is 6.47. The van der Waals surface area contributed by atoms with Gasteiger partial charge in [0.05, 0.1) is 13.7 Å². The number of rotatable bonds is 7. The molecule has 0 aliphatic carbocycles. The molecule has 0 spiro atoms. The highest BCUT2D eigenvalue weighted by Gasteiger charge is 1.99. The zero-order chi connectivity index (χ0) is 12.5. The maximum atomic E-state index is 11.1. The summed E-state index contributed by atoms with van der Waals surface area (Å²) >= 11 is 3.21. The van der Waals surface area contributed by atoms with Crippen LogP contribution in [0, 0.1) is 0 Å². The van der Waals surface area contributed by atoms with E-state index in [2.05, 4.69) is 21.2 Å². The summed E-state index contributed by atoms with van der Waals surface area (Å²) in [4.78, 5) is 11.1. The summed E-state index contributed by atoms with van der Waals surface area (Å²) in [5, 5.41) is 3.44. The second kappa shape index (κ2) is 7.95. The number of halogens is 1. The Hall–Kier alpha value is -1.23. The van der Waals surface area contributed by atoms with Gasteiger partial charge in [-0.25, -0.2) is 0 Å². The Morgan fingerprint density at radius 2 is 1.94 bits per heavy atom. The van der Waals surface area contributed by atoms with E-state index in [-0.39, 0.29) is 5.91 Å². The number of ether oxygens (including phenoxy) is 2. The molecule has 1 N–H and O–H groups in total. The first-order valence-electron chi connectivity index (χ1n) is 5.36. The van der Waals surface area contributed by atoms with Crippen molar-refractivity contribution in [1.82, 2.24) is 5.32 Å². The SMILES string of the molecule is COc1ccc(OCCNC(=O)CCBr)cc1. The molecule has 0 fully saturated rings. The smallest absolute Gasteiger partial charge is 0.220 e. The molecule has 0 atom stereocenters. The van der Waals surface area contributed by atoms with E-state index >= 15 is 0 Å². The molecule has 94 valence electrons. The minimum atomic E-state index is 0.0280. The van der Waals surface area contributed by atoms with Crippen LogP contribution in [0.2, 0.25) is 0 Å². The quantitative estimate of drug-likeness (QED) is 0.619. The maximum Gasteiger partial charge on any atom is 0.220 e. The molecule has 1 rings (SSSR count). The van der Waals surface area contributed by atoms with E-state index in [1.807, 2.05) is 24.3 Å². The molecule has 0 radical (unpaired) electrons. The summed E-state index contributed by atoms with van der Waals surface area (Å²) in [5.41, 5.74) is 0. The van der Waals surface area contributed by atoms with E-state index < -0.39 is 0 Å². The predicted molar refractivity (Wildman–Crippen MR) is 69.9 cm³/mol. The van der Waals surface area contributed by atoms with Crippen molar-refractivity contribution in [2.75, 3.05) is 25.6 Å². The summed E-state index contributed by atoms with van der Waals surface area (Å²) in [7, 11) is 1.62. The molecule has 0 aromatic heterocycles. The molecule has 1 aromatic carbocycles. The van der Waals surface area contributed by atoms with Crippen molar-refractivity contribution in [2.45, 2.75) is 6.42 Å². The number of alkyl halides is 1. The highest BCUT2D eigenvalue weighted by molar-refractivity contribution is 9.09. The van der Waals surface area contributed by atoms with Gasteiger partial charge in [-0.05, 0) is 24.3 Å². The number of carbonyl (C=O) groups excluding carboxylic acids is 1. The molecule has 0 heterocycles. The molecule has 4 nitrogen and oxygen atoms in total. The Morgan fingerprint density at radius 3 is 2.53 bits per heavy atom. The highest BCUT2D eigenvalue weighted by atomic mass is 79.9. The van der Waals surface area contributed by atoms with Crippen molar-refractivity contribution in [3.05, 3.63) is 24.3 Å². The lowest BCUT2D eigenvalue weighted by molar-refractivity contribution is -0.120. The second-order valence-corrected chi connectivity index (χ2v) is 4.11. The molecular formula is C12H16BrNO3. The molecule has 0 saturated heterocycles. The standard InChI is InChI=1S/C12H16BrNO3/c1-16-10-2-4-11(5-3-10)17-9-8-14-12(15)6-7-13/h2-5H,6-9H2,1H3,(H,14,15). The zero-order valence-electron chi connectivity index (χ0n) is 9.74. The van der Waals surface area contributed by atoms with E-state index in [0.717, 1.165) is 11.5 Å².